The van der Waals surface area contributed by atoms with Crippen LogP contribution in [0.15, 0.2) is 91.6 Å². The van der Waals surface area contributed by atoms with E-state index in [-0.39, 0.29) is 69.6 Å². The molecule has 3 amide bonds. The zero-order chi connectivity index (χ0) is 35.3. The molecule has 1 heterocycles. The predicted octanol–water partition coefficient (Wildman–Crippen LogP) is 6.36. The van der Waals surface area contributed by atoms with Gasteiger partial charge in [0, 0.05) is 36.1 Å². The maximum absolute atomic E-state index is 13.1. The van der Waals surface area contributed by atoms with Crippen LogP contribution in [0.4, 0.5) is 4.79 Å². The molecular weight excluding hydrogens is 655 g/mol. The lowest BCUT2D eigenvalue weighted by atomic mass is 9.98. The predicted molar refractivity (Wildman–Crippen MR) is 194 cm³/mol. The summed E-state index contributed by atoms with van der Waals surface area (Å²) in [5, 5.41) is 9.47. The third-order valence-electron chi connectivity index (χ3n) is 8.65. The van der Waals surface area contributed by atoms with Gasteiger partial charge in [0.05, 0.1) is 26.2 Å². The molecule has 0 saturated heterocycles. The van der Waals surface area contributed by atoms with Crippen LogP contribution in [0.25, 0.3) is 22.0 Å². The maximum atomic E-state index is 13.1. The Balaban J connectivity index is 1.02. The number of aromatic nitrogens is 1. The second kappa shape index (κ2) is 18.5. The number of benzene rings is 3. The summed E-state index contributed by atoms with van der Waals surface area (Å²) in [5.74, 6) is -0.628. The van der Waals surface area contributed by atoms with Crippen molar-refractivity contribution in [2.75, 3.05) is 39.5 Å². The molecule has 11 nitrogen and oxygen atoms in total. The van der Waals surface area contributed by atoms with Gasteiger partial charge in [-0.2, -0.15) is 0 Å². The fraction of sp³-hybridized carbons (Fsp3) is 0.342. The number of H-pyrrole nitrogens is 1. The summed E-state index contributed by atoms with van der Waals surface area (Å²) < 4.78 is 22.7. The lowest BCUT2D eigenvalue weighted by Gasteiger charge is -2.24. The van der Waals surface area contributed by atoms with E-state index in [0.29, 0.717) is 6.42 Å². The number of alkyl carbamates (subject to hydrolysis) is 1. The normalized spacial score (nSPS) is 13.9. The van der Waals surface area contributed by atoms with Crippen molar-refractivity contribution in [1.29, 1.82) is 0 Å². The smallest absolute Gasteiger partial charge is 0.407 e. The first-order chi connectivity index (χ1) is 24.4. The molecule has 1 aliphatic carbocycles. The highest BCUT2D eigenvalue weighted by molar-refractivity contribution is 7.41. The van der Waals surface area contributed by atoms with E-state index >= 15 is 0 Å². The molecule has 3 atom stereocenters. The zero-order valence-corrected chi connectivity index (χ0v) is 29.4. The number of ether oxygens (including phenoxy) is 1. The molecule has 2 unspecified atom stereocenters. The highest BCUT2D eigenvalue weighted by atomic mass is 31.2. The summed E-state index contributed by atoms with van der Waals surface area (Å²) >= 11 is 0. The van der Waals surface area contributed by atoms with Crippen LogP contribution in [0, 0.1) is 5.92 Å². The van der Waals surface area contributed by atoms with Crippen molar-refractivity contribution in [3.63, 3.8) is 0 Å². The summed E-state index contributed by atoms with van der Waals surface area (Å²) in [5.41, 5.74) is 6.44. The summed E-state index contributed by atoms with van der Waals surface area (Å²) in [7, 11) is -1.77. The van der Waals surface area contributed by atoms with Crippen LogP contribution < -0.4 is 16.0 Å². The van der Waals surface area contributed by atoms with Gasteiger partial charge in [-0.3, -0.25) is 9.59 Å². The summed E-state index contributed by atoms with van der Waals surface area (Å²) in [6.45, 7) is 8.60. The topological polar surface area (TPSA) is 140 Å². The molecule has 5 rings (SSSR count). The molecule has 4 aromatic rings. The summed E-state index contributed by atoms with van der Waals surface area (Å²) in [6, 6.07) is 23.4. The number of fused-ring (bicyclic) bond motifs is 4. The first-order valence-corrected chi connectivity index (χ1v) is 18.0. The lowest BCUT2D eigenvalue weighted by Crippen LogP contribution is -2.51. The van der Waals surface area contributed by atoms with Crippen molar-refractivity contribution in [2.24, 2.45) is 5.92 Å². The van der Waals surface area contributed by atoms with Gasteiger partial charge >= 0.3 is 14.7 Å². The number of para-hydroxylation sites is 1. The molecule has 50 heavy (non-hydrogen) atoms. The molecule has 1 aliphatic rings. The van der Waals surface area contributed by atoms with E-state index in [4.69, 9.17) is 18.3 Å². The van der Waals surface area contributed by atoms with Crippen LogP contribution in [-0.4, -0.2) is 68.5 Å². The Labute approximate surface area is 294 Å². The number of hydrogen-bond donors (Lipinski definition) is 4. The molecule has 0 bridgehead atoms. The van der Waals surface area contributed by atoms with E-state index in [1.54, 1.807) is 6.08 Å². The Morgan fingerprint density at radius 2 is 1.54 bits per heavy atom. The molecule has 0 saturated carbocycles. The Morgan fingerprint density at radius 3 is 2.22 bits per heavy atom. The van der Waals surface area contributed by atoms with E-state index in [9.17, 15) is 14.4 Å². The van der Waals surface area contributed by atoms with E-state index < -0.39 is 20.7 Å². The van der Waals surface area contributed by atoms with Crippen molar-refractivity contribution in [3.05, 3.63) is 108 Å². The Morgan fingerprint density at radius 1 is 0.900 bits per heavy atom. The quantitative estimate of drug-likeness (QED) is 0.0507. The van der Waals surface area contributed by atoms with Crippen molar-refractivity contribution in [2.45, 2.75) is 38.6 Å². The zero-order valence-electron chi connectivity index (χ0n) is 28.5. The van der Waals surface area contributed by atoms with Crippen LogP contribution in [0.2, 0.25) is 0 Å². The molecule has 0 aliphatic heterocycles. The third kappa shape index (κ3) is 9.57. The minimum atomic E-state index is -1.77. The molecule has 3 aromatic carbocycles. The average molecular weight is 701 g/mol. The van der Waals surface area contributed by atoms with Crippen LogP contribution in [0.5, 0.6) is 0 Å². The maximum Gasteiger partial charge on any atom is 0.407 e. The number of nitrogens with one attached hydrogen (secondary N) is 4. The lowest BCUT2D eigenvalue weighted by molar-refractivity contribution is -0.130. The Bertz CT molecular complexity index is 1720. The molecular formula is C38H45N4O7P. The van der Waals surface area contributed by atoms with Crippen LogP contribution in [0.1, 0.15) is 42.9 Å². The Hall–Kier alpha value is -4.54. The van der Waals surface area contributed by atoms with Crippen LogP contribution >= 0.6 is 8.60 Å². The minimum absolute atomic E-state index is 0.0273. The largest absolute Gasteiger partial charge is 0.449 e. The minimum Gasteiger partial charge on any atom is -0.449 e. The molecule has 0 radical (unpaired) electrons. The fourth-order valence-corrected chi connectivity index (χ4v) is 6.86. The van der Waals surface area contributed by atoms with Gasteiger partial charge in [-0.25, -0.2) is 4.79 Å². The summed E-state index contributed by atoms with van der Waals surface area (Å²) in [4.78, 5) is 41.8. The first kappa shape index (κ1) is 36.7. The van der Waals surface area contributed by atoms with Crippen molar-refractivity contribution >= 4 is 37.4 Å². The number of rotatable bonds is 19. The van der Waals surface area contributed by atoms with E-state index in [0.717, 1.165) is 38.7 Å². The van der Waals surface area contributed by atoms with Crippen LogP contribution in [0.3, 0.4) is 0 Å². The van der Waals surface area contributed by atoms with Gasteiger partial charge in [0.2, 0.25) is 11.8 Å². The second-order valence-corrected chi connectivity index (χ2v) is 13.2. The van der Waals surface area contributed by atoms with Crippen LogP contribution in [-0.2, 0) is 34.3 Å². The first-order valence-electron chi connectivity index (χ1n) is 16.9. The molecule has 1 aromatic heterocycles. The number of aromatic amines is 1. The average Bonchev–Trinajstić information content (AvgIpc) is 3.69. The third-order valence-corrected chi connectivity index (χ3v) is 9.79. The van der Waals surface area contributed by atoms with E-state index in [1.807, 2.05) is 68.6 Å². The van der Waals surface area contributed by atoms with E-state index in [1.165, 1.54) is 0 Å². The fourth-order valence-electron chi connectivity index (χ4n) is 5.93. The molecule has 0 fully saturated rings. The molecule has 4 N–H and O–H groups in total. The van der Waals surface area contributed by atoms with Gasteiger partial charge in [0.1, 0.15) is 12.6 Å². The second-order valence-electron chi connectivity index (χ2n) is 12.0. The molecule has 12 heteroatoms. The number of amides is 3. The van der Waals surface area contributed by atoms with Gasteiger partial charge in [-0.05, 0) is 39.8 Å². The van der Waals surface area contributed by atoms with Crippen molar-refractivity contribution in [3.8, 4) is 11.1 Å². The van der Waals surface area contributed by atoms with Gasteiger partial charge < -0.3 is 39.2 Å². The van der Waals surface area contributed by atoms with Gasteiger partial charge in [0.15, 0.2) is 0 Å². The van der Waals surface area contributed by atoms with Gasteiger partial charge in [0.25, 0.3) is 0 Å². The number of hydrogen-bond acceptors (Lipinski definition) is 7. The van der Waals surface area contributed by atoms with E-state index in [2.05, 4.69) is 51.8 Å². The molecule has 264 valence electrons. The summed E-state index contributed by atoms with van der Waals surface area (Å²) in [6.07, 6.45) is 3.73. The number of carbonyl (C=O) groups excluding carboxylic acids is 3. The Kier molecular flexibility index (Phi) is 13.6. The van der Waals surface area contributed by atoms with Crippen molar-refractivity contribution in [1.82, 2.24) is 20.9 Å². The standard InChI is InChI=1S/C38H45N4O7P/c1-4-20-47-50(49-22-19-40-38(45)46-25-33-31-15-8-6-13-29(31)30-14-7-9-16-32(30)33)48-21-18-39-37(44)36(26(3)5-2)42-35(43)23-27-24-41-34-17-11-10-12-28(27)34/h4,6-17,24,26,33,36,41H,1,5,18-23,25H2,2-3H3,(H,39,44)(H,40,45)(H,42,43)/t26-,36?,50?/m0/s1. The van der Waals surface area contributed by atoms with Gasteiger partial charge in [-0.1, -0.05) is 93.1 Å². The van der Waals surface area contributed by atoms with Crippen molar-refractivity contribution < 1.29 is 32.7 Å². The highest BCUT2D eigenvalue weighted by Gasteiger charge is 2.29. The highest BCUT2D eigenvalue weighted by Crippen LogP contribution is 2.44. The SMILES string of the molecule is C=CCOP(OCCNC(=O)OCC1c2ccccc2-c2ccccc21)OCCNC(=O)C(NC(=O)Cc1c[nH]c2ccccc12)[C@@H](C)CC. The molecule has 0 spiro atoms. The van der Waals surface area contributed by atoms with Gasteiger partial charge in [-0.15, -0.1) is 6.58 Å². The monoisotopic (exact) mass is 700 g/mol. The number of carbonyl (C=O) groups is 3.